The van der Waals surface area contributed by atoms with Gasteiger partial charge in [0.2, 0.25) is 0 Å². The number of benzene rings is 1. The van der Waals surface area contributed by atoms with E-state index in [1.807, 2.05) is 31.1 Å². The lowest BCUT2D eigenvalue weighted by atomic mass is 9.96. The molecule has 0 fully saturated rings. The van der Waals surface area contributed by atoms with Crippen molar-refractivity contribution in [3.05, 3.63) is 22.2 Å². The van der Waals surface area contributed by atoms with Crippen LogP contribution in [0.4, 0.5) is 5.69 Å². The molecule has 0 bridgehead atoms. The molecule has 0 spiro atoms. The maximum Gasteiger partial charge on any atom is 0.148 e. The zero-order chi connectivity index (χ0) is 12.5. The van der Waals surface area contributed by atoms with E-state index >= 15 is 0 Å². The molecule has 1 aromatic rings. The Bertz CT molecular complexity index is 383. The standard InChI is InChI=1S/C12H18BrNO2/c1-12(2,15)9-6-8(13)7-10(14(3)4)11(9)16-5/h6-7,15H,1-5H3. The molecule has 1 aromatic carbocycles. The summed E-state index contributed by atoms with van der Waals surface area (Å²) >= 11 is 3.44. The molecule has 4 heteroatoms. The maximum atomic E-state index is 10.1. The van der Waals surface area contributed by atoms with Crippen LogP contribution in [0.5, 0.6) is 5.75 Å². The first-order valence-electron chi connectivity index (χ1n) is 5.05. The smallest absolute Gasteiger partial charge is 0.148 e. The molecule has 0 aliphatic heterocycles. The molecule has 0 unspecified atom stereocenters. The predicted octanol–water partition coefficient (Wildman–Crippen LogP) is 2.75. The van der Waals surface area contributed by atoms with Gasteiger partial charge in [-0.1, -0.05) is 15.9 Å². The Hall–Kier alpha value is -0.740. The quantitative estimate of drug-likeness (QED) is 0.928. The van der Waals surface area contributed by atoms with Crippen LogP contribution in [-0.2, 0) is 5.60 Å². The molecular weight excluding hydrogens is 270 g/mol. The van der Waals surface area contributed by atoms with Crippen LogP contribution in [0.25, 0.3) is 0 Å². The minimum atomic E-state index is -0.931. The van der Waals surface area contributed by atoms with Crippen molar-refractivity contribution in [1.82, 2.24) is 0 Å². The number of halogens is 1. The minimum absolute atomic E-state index is 0.709. The van der Waals surface area contributed by atoms with E-state index in [9.17, 15) is 5.11 Å². The Morgan fingerprint density at radius 3 is 2.25 bits per heavy atom. The van der Waals surface area contributed by atoms with Crippen molar-refractivity contribution in [2.75, 3.05) is 26.1 Å². The van der Waals surface area contributed by atoms with E-state index in [1.165, 1.54) is 0 Å². The molecule has 0 aliphatic rings. The van der Waals surface area contributed by atoms with Crippen molar-refractivity contribution in [2.45, 2.75) is 19.4 Å². The van der Waals surface area contributed by atoms with Crippen molar-refractivity contribution in [3.63, 3.8) is 0 Å². The zero-order valence-electron chi connectivity index (χ0n) is 10.3. The summed E-state index contributed by atoms with van der Waals surface area (Å²) in [6, 6.07) is 3.85. The summed E-state index contributed by atoms with van der Waals surface area (Å²) < 4.78 is 6.32. The van der Waals surface area contributed by atoms with Crippen LogP contribution in [0.2, 0.25) is 0 Å². The van der Waals surface area contributed by atoms with Crippen molar-refractivity contribution < 1.29 is 9.84 Å². The minimum Gasteiger partial charge on any atom is -0.494 e. The molecule has 1 N–H and O–H groups in total. The van der Waals surface area contributed by atoms with Crippen LogP contribution in [0.15, 0.2) is 16.6 Å². The Balaban J connectivity index is 3.49. The lowest BCUT2D eigenvalue weighted by Crippen LogP contribution is -2.19. The average molecular weight is 288 g/mol. The van der Waals surface area contributed by atoms with Gasteiger partial charge < -0.3 is 14.7 Å². The third-order valence-corrected chi connectivity index (χ3v) is 2.84. The second kappa shape index (κ2) is 4.63. The number of hydrogen-bond donors (Lipinski definition) is 1. The molecular formula is C12H18BrNO2. The van der Waals surface area contributed by atoms with Gasteiger partial charge in [0.25, 0.3) is 0 Å². The van der Waals surface area contributed by atoms with Gasteiger partial charge in [0.05, 0.1) is 18.4 Å². The first-order valence-corrected chi connectivity index (χ1v) is 5.84. The average Bonchev–Trinajstić information content (AvgIpc) is 2.14. The van der Waals surface area contributed by atoms with E-state index < -0.39 is 5.60 Å². The third kappa shape index (κ3) is 2.68. The van der Waals surface area contributed by atoms with Crippen LogP contribution in [0, 0.1) is 0 Å². The monoisotopic (exact) mass is 287 g/mol. The van der Waals surface area contributed by atoms with Crippen LogP contribution in [0.3, 0.4) is 0 Å². The molecule has 0 amide bonds. The summed E-state index contributed by atoms with van der Waals surface area (Å²) in [5.74, 6) is 0.709. The summed E-state index contributed by atoms with van der Waals surface area (Å²) in [5, 5.41) is 10.1. The second-order valence-electron chi connectivity index (χ2n) is 4.46. The van der Waals surface area contributed by atoms with Gasteiger partial charge in [0, 0.05) is 24.1 Å². The number of ether oxygens (including phenoxy) is 1. The van der Waals surface area contributed by atoms with Crippen LogP contribution in [0.1, 0.15) is 19.4 Å². The molecule has 0 aliphatic carbocycles. The number of anilines is 1. The van der Waals surface area contributed by atoms with Gasteiger partial charge in [-0.2, -0.15) is 0 Å². The van der Waals surface area contributed by atoms with Crippen LogP contribution < -0.4 is 9.64 Å². The number of rotatable bonds is 3. The topological polar surface area (TPSA) is 32.7 Å². The van der Waals surface area contributed by atoms with Gasteiger partial charge in [-0.3, -0.25) is 0 Å². The first-order chi connectivity index (χ1) is 7.27. The molecule has 0 saturated heterocycles. The van der Waals surface area contributed by atoms with Crippen molar-refractivity contribution in [1.29, 1.82) is 0 Å². The highest BCUT2D eigenvalue weighted by atomic mass is 79.9. The Morgan fingerprint density at radius 2 is 1.88 bits per heavy atom. The van der Waals surface area contributed by atoms with E-state index in [0.717, 1.165) is 15.7 Å². The Labute approximate surface area is 105 Å². The van der Waals surface area contributed by atoms with Crippen molar-refractivity contribution >= 4 is 21.6 Å². The number of hydrogen-bond acceptors (Lipinski definition) is 3. The van der Waals surface area contributed by atoms with Gasteiger partial charge in [-0.25, -0.2) is 0 Å². The summed E-state index contributed by atoms with van der Waals surface area (Å²) in [6.07, 6.45) is 0. The van der Waals surface area contributed by atoms with Crippen molar-refractivity contribution in [3.8, 4) is 5.75 Å². The maximum absolute atomic E-state index is 10.1. The van der Waals surface area contributed by atoms with Crippen LogP contribution in [-0.4, -0.2) is 26.3 Å². The lowest BCUT2D eigenvalue weighted by molar-refractivity contribution is 0.0756. The highest BCUT2D eigenvalue weighted by molar-refractivity contribution is 9.10. The van der Waals surface area contributed by atoms with Crippen LogP contribution >= 0.6 is 15.9 Å². The van der Waals surface area contributed by atoms with Gasteiger partial charge in [-0.15, -0.1) is 0 Å². The molecule has 0 radical (unpaired) electrons. The molecule has 3 nitrogen and oxygen atoms in total. The fourth-order valence-corrected chi connectivity index (χ4v) is 2.03. The van der Waals surface area contributed by atoms with E-state index in [0.29, 0.717) is 5.75 Å². The van der Waals surface area contributed by atoms with Gasteiger partial charge >= 0.3 is 0 Å². The van der Waals surface area contributed by atoms with E-state index in [4.69, 9.17) is 4.74 Å². The van der Waals surface area contributed by atoms with E-state index in [-0.39, 0.29) is 0 Å². The largest absolute Gasteiger partial charge is 0.494 e. The first kappa shape index (κ1) is 13.3. The summed E-state index contributed by atoms with van der Waals surface area (Å²) in [6.45, 7) is 3.49. The predicted molar refractivity (Wildman–Crippen MR) is 70.3 cm³/mol. The molecule has 0 heterocycles. The number of nitrogens with zero attached hydrogens (tertiary/aromatic N) is 1. The normalized spacial score (nSPS) is 11.4. The lowest BCUT2D eigenvalue weighted by Gasteiger charge is -2.25. The number of aliphatic hydroxyl groups is 1. The summed E-state index contributed by atoms with van der Waals surface area (Å²) in [5.41, 5.74) is 0.780. The van der Waals surface area contributed by atoms with E-state index in [1.54, 1.807) is 21.0 Å². The Kier molecular flexibility index (Phi) is 3.86. The third-order valence-electron chi connectivity index (χ3n) is 2.38. The van der Waals surface area contributed by atoms with E-state index in [2.05, 4.69) is 15.9 Å². The highest BCUT2D eigenvalue weighted by Gasteiger charge is 2.24. The number of methoxy groups -OCH3 is 1. The molecule has 1 rings (SSSR count). The molecule has 0 atom stereocenters. The molecule has 90 valence electrons. The fraction of sp³-hybridized carbons (Fsp3) is 0.500. The highest BCUT2D eigenvalue weighted by Crippen LogP contribution is 2.39. The summed E-state index contributed by atoms with van der Waals surface area (Å²) in [7, 11) is 5.50. The SMILES string of the molecule is COc1c(N(C)C)cc(Br)cc1C(C)(C)O. The molecule has 16 heavy (non-hydrogen) atoms. The summed E-state index contributed by atoms with van der Waals surface area (Å²) in [4.78, 5) is 1.96. The Morgan fingerprint density at radius 1 is 1.31 bits per heavy atom. The van der Waals surface area contributed by atoms with Crippen molar-refractivity contribution in [2.24, 2.45) is 0 Å². The van der Waals surface area contributed by atoms with Gasteiger partial charge in [-0.05, 0) is 26.0 Å². The zero-order valence-corrected chi connectivity index (χ0v) is 11.9. The van der Waals surface area contributed by atoms with Gasteiger partial charge in [0.1, 0.15) is 5.75 Å². The second-order valence-corrected chi connectivity index (χ2v) is 5.37. The molecule has 0 saturated carbocycles. The fourth-order valence-electron chi connectivity index (χ4n) is 1.58. The van der Waals surface area contributed by atoms with Gasteiger partial charge in [0.15, 0.2) is 0 Å². The molecule has 0 aromatic heterocycles.